The summed E-state index contributed by atoms with van der Waals surface area (Å²) in [5.41, 5.74) is 5.54. The molecule has 1 aromatic carbocycles. The highest BCUT2D eigenvalue weighted by Gasteiger charge is 2.21. The molecule has 3 nitrogen and oxygen atoms in total. The number of nitrogens with zero attached hydrogens (tertiary/aromatic N) is 3. The maximum absolute atomic E-state index is 4.57. The second-order valence-corrected chi connectivity index (χ2v) is 8.43. The fourth-order valence-electron chi connectivity index (χ4n) is 3.48. The predicted octanol–water partition coefficient (Wildman–Crippen LogP) is 5.51. The molecule has 25 heavy (non-hydrogen) atoms. The van der Waals surface area contributed by atoms with Crippen molar-refractivity contribution < 1.29 is 0 Å². The molecular weight excluding hydrogens is 346 g/mol. The predicted molar refractivity (Wildman–Crippen MR) is 106 cm³/mol. The summed E-state index contributed by atoms with van der Waals surface area (Å²) in [4.78, 5) is 1.56. The van der Waals surface area contributed by atoms with Gasteiger partial charge in [-0.3, -0.25) is 0 Å². The summed E-state index contributed by atoms with van der Waals surface area (Å²) in [6.45, 7) is 5.26. The maximum Gasteiger partial charge on any atom is 0.191 e. The van der Waals surface area contributed by atoms with Crippen LogP contribution >= 0.6 is 23.1 Å². The number of fused-ring (bicyclic) bond motifs is 1. The van der Waals surface area contributed by atoms with Crippen LogP contribution in [0.25, 0.3) is 11.4 Å². The standard InChI is InChI=1S/C20H23N3S2/c1-3-23-19(17-13-24-18-11-7-6-10-16(17)18)21-22-20(23)25-12-15-9-5-4-8-14(15)2/h4-5,8-9,13H,3,6-7,10-12H2,1-2H3. The number of rotatable bonds is 5. The lowest BCUT2D eigenvalue weighted by Gasteiger charge is -2.13. The molecule has 2 aromatic heterocycles. The van der Waals surface area contributed by atoms with Crippen LogP contribution in [0.5, 0.6) is 0 Å². The summed E-state index contributed by atoms with van der Waals surface area (Å²) >= 11 is 3.69. The van der Waals surface area contributed by atoms with Gasteiger partial charge in [0.1, 0.15) is 0 Å². The van der Waals surface area contributed by atoms with Crippen molar-refractivity contribution in [1.82, 2.24) is 14.8 Å². The molecule has 0 amide bonds. The first-order valence-corrected chi connectivity index (χ1v) is 10.8. The number of thiophene rings is 1. The van der Waals surface area contributed by atoms with Crippen LogP contribution in [0, 0.1) is 6.92 Å². The van der Waals surface area contributed by atoms with Crippen molar-refractivity contribution in [2.24, 2.45) is 0 Å². The van der Waals surface area contributed by atoms with Crippen molar-refractivity contribution in [3.8, 4) is 11.4 Å². The summed E-state index contributed by atoms with van der Waals surface area (Å²) in [6.07, 6.45) is 5.04. The molecular formula is C20H23N3S2. The largest absolute Gasteiger partial charge is 0.302 e. The van der Waals surface area contributed by atoms with Gasteiger partial charge in [-0.05, 0) is 56.2 Å². The van der Waals surface area contributed by atoms with E-state index in [9.17, 15) is 0 Å². The molecule has 5 heteroatoms. The minimum atomic E-state index is 0.906. The quantitative estimate of drug-likeness (QED) is 0.556. The van der Waals surface area contributed by atoms with Gasteiger partial charge >= 0.3 is 0 Å². The zero-order valence-electron chi connectivity index (χ0n) is 14.8. The molecule has 1 aliphatic carbocycles. The normalized spacial score (nSPS) is 13.8. The summed E-state index contributed by atoms with van der Waals surface area (Å²) in [7, 11) is 0. The molecule has 0 radical (unpaired) electrons. The van der Waals surface area contributed by atoms with Crippen LogP contribution in [-0.2, 0) is 25.1 Å². The van der Waals surface area contributed by atoms with Crippen molar-refractivity contribution in [1.29, 1.82) is 0 Å². The van der Waals surface area contributed by atoms with Crippen molar-refractivity contribution >= 4 is 23.1 Å². The molecule has 0 saturated heterocycles. The zero-order valence-corrected chi connectivity index (χ0v) is 16.4. The van der Waals surface area contributed by atoms with Gasteiger partial charge in [-0.1, -0.05) is 36.0 Å². The van der Waals surface area contributed by atoms with Crippen LogP contribution in [0.15, 0.2) is 34.8 Å². The van der Waals surface area contributed by atoms with E-state index in [1.165, 1.54) is 47.9 Å². The average molecular weight is 370 g/mol. The molecule has 2 heterocycles. The van der Waals surface area contributed by atoms with Gasteiger partial charge in [-0.15, -0.1) is 21.5 Å². The van der Waals surface area contributed by atoms with Crippen LogP contribution in [0.1, 0.15) is 41.3 Å². The molecule has 0 atom stereocenters. The summed E-state index contributed by atoms with van der Waals surface area (Å²) in [5, 5.41) is 12.4. The van der Waals surface area contributed by atoms with E-state index < -0.39 is 0 Å². The Morgan fingerprint density at radius 1 is 1.16 bits per heavy atom. The summed E-state index contributed by atoms with van der Waals surface area (Å²) in [5.74, 6) is 1.99. The van der Waals surface area contributed by atoms with Crippen molar-refractivity contribution in [2.75, 3.05) is 0 Å². The number of benzene rings is 1. The fourth-order valence-corrected chi connectivity index (χ4v) is 5.68. The Bertz CT molecular complexity index is 879. The van der Waals surface area contributed by atoms with Gasteiger partial charge in [0, 0.05) is 28.1 Å². The van der Waals surface area contributed by atoms with E-state index in [0.29, 0.717) is 0 Å². The van der Waals surface area contributed by atoms with Crippen LogP contribution in [0.4, 0.5) is 0 Å². The summed E-state index contributed by atoms with van der Waals surface area (Å²) < 4.78 is 2.28. The van der Waals surface area contributed by atoms with E-state index in [2.05, 4.69) is 58.3 Å². The smallest absolute Gasteiger partial charge is 0.191 e. The third-order valence-corrected chi connectivity index (χ3v) is 7.06. The molecule has 0 aliphatic heterocycles. The van der Waals surface area contributed by atoms with Gasteiger partial charge in [-0.25, -0.2) is 0 Å². The molecule has 4 rings (SSSR count). The van der Waals surface area contributed by atoms with Gasteiger partial charge in [-0.2, -0.15) is 0 Å². The van der Waals surface area contributed by atoms with Crippen molar-refractivity contribution in [2.45, 2.75) is 57.0 Å². The van der Waals surface area contributed by atoms with Crippen LogP contribution in [-0.4, -0.2) is 14.8 Å². The zero-order chi connectivity index (χ0) is 17.2. The topological polar surface area (TPSA) is 30.7 Å². The third kappa shape index (κ3) is 3.27. The van der Waals surface area contributed by atoms with Gasteiger partial charge in [0.05, 0.1) is 0 Å². The first-order valence-electron chi connectivity index (χ1n) is 8.98. The van der Waals surface area contributed by atoms with E-state index in [1.807, 2.05) is 11.3 Å². The average Bonchev–Trinajstić information content (AvgIpc) is 3.24. The molecule has 3 aromatic rings. The molecule has 0 fully saturated rings. The van der Waals surface area contributed by atoms with Crippen molar-refractivity contribution in [3.05, 3.63) is 51.2 Å². The second kappa shape index (κ2) is 7.34. The maximum atomic E-state index is 4.57. The highest BCUT2D eigenvalue weighted by molar-refractivity contribution is 7.98. The van der Waals surface area contributed by atoms with E-state index >= 15 is 0 Å². The van der Waals surface area contributed by atoms with Gasteiger partial charge in [0.2, 0.25) is 0 Å². The van der Waals surface area contributed by atoms with E-state index in [0.717, 1.165) is 23.3 Å². The Labute approximate surface area is 157 Å². The number of thioether (sulfide) groups is 1. The molecule has 0 bridgehead atoms. The monoisotopic (exact) mass is 369 g/mol. The molecule has 0 N–H and O–H groups in total. The van der Waals surface area contributed by atoms with Gasteiger partial charge in [0.15, 0.2) is 11.0 Å². The van der Waals surface area contributed by atoms with Gasteiger partial charge < -0.3 is 4.57 Å². The molecule has 130 valence electrons. The van der Waals surface area contributed by atoms with E-state index in [1.54, 1.807) is 16.6 Å². The Morgan fingerprint density at radius 2 is 2.00 bits per heavy atom. The minimum absolute atomic E-state index is 0.906. The Morgan fingerprint density at radius 3 is 2.84 bits per heavy atom. The highest BCUT2D eigenvalue weighted by Crippen LogP contribution is 2.37. The highest BCUT2D eigenvalue weighted by atomic mass is 32.2. The molecule has 1 aliphatic rings. The summed E-state index contributed by atoms with van der Waals surface area (Å²) in [6, 6.07) is 8.57. The van der Waals surface area contributed by atoms with E-state index in [-0.39, 0.29) is 0 Å². The number of aryl methyl sites for hydroxylation is 2. The van der Waals surface area contributed by atoms with Crippen LogP contribution in [0.3, 0.4) is 0 Å². The molecule has 0 saturated carbocycles. The Hall–Kier alpha value is -1.59. The number of hydrogen-bond acceptors (Lipinski definition) is 4. The number of aromatic nitrogens is 3. The van der Waals surface area contributed by atoms with Crippen LogP contribution in [0.2, 0.25) is 0 Å². The first kappa shape index (κ1) is 16.9. The van der Waals surface area contributed by atoms with E-state index in [4.69, 9.17) is 0 Å². The lowest BCUT2D eigenvalue weighted by atomic mass is 9.96. The first-order chi connectivity index (χ1) is 12.3. The third-order valence-electron chi connectivity index (χ3n) is 4.95. The SMILES string of the molecule is CCn1c(SCc2ccccc2C)nnc1-c1csc2c1CCCC2. The van der Waals surface area contributed by atoms with Gasteiger partial charge in [0.25, 0.3) is 0 Å². The molecule has 0 unspecified atom stereocenters. The van der Waals surface area contributed by atoms with Crippen molar-refractivity contribution in [3.63, 3.8) is 0 Å². The number of hydrogen-bond donors (Lipinski definition) is 0. The lowest BCUT2D eigenvalue weighted by Crippen LogP contribution is -2.03. The fraction of sp³-hybridized carbons (Fsp3) is 0.400. The Balaban J connectivity index is 1.61. The lowest BCUT2D eigenvalue weighted by molar-refractivity contribution is 0.680. The van der Waals surface area contributed by atoms with Crippen LogP contribution < -0.4 is 0 Å². The Kier molecular flexibility index (Phi) is 4.95. The molecule has 0 spiro atoms. The second-order valence-electron chi connectivity index (χ2n) is 6.52. The minimum Gasteiger partial charge on any atom is -0.302 e.